The molecule has 11 heteroatoms. The van der Waals surface area contributed by atoms with Crippen LogP contribution in [0.1, 0.15) is 51.1 Å². The van der Waals surface area contributed by atoms with E-state index in [1.165, 1.54) is 32.3 Å². The third kappa shape index (κ3) is 7.94. The normalized spacial score (nSPS) is 15.1. The second-order valence-electron chi connectivity index (χ2n) is 12.3. The summed E-state index contributed by atoms with van der Waals surface area (Å²) in [6.07, 6.45) is 9.65. The van der Waals surface area contributed by atoms with E-state index in [0.29, 0.717) is 36.5 Å². The molecular formula is C38H42N4O7. The van der Waals surface area contributed by atoms with Gasteiger partial charge in [-0.3, -0.25) is 9.97 Å². The van der Waals surface area contributed by atoms with Gasteiger partial charge in [-0.15, -0.1) is 0 Å². The Kier molecular flexibility index (Phi) is 10.9. The van der Waals surface area contributed by atoms with E-state index < -0.39 is 11.9 Å². The van der Waals surface area contributed by atoms with Gasteiger partial charge < -0.3 is 33.5 Å². The Bertz CT molecular complexity index is 1630. The van der Waals surface area contributed by atoms with Gasteiger partial charge in [-0.2, -0.15) is 0 Å². The zero-order chi connectivity index (χ0) is 34.2. The SMILES string of the molecule is COc1c(OC(=O)c2cccnc2)c2c(c(OC(=O)c3cccnc3)c1OC)CCC(CCOc1ccc(N3CCN(C)CC3)cc1)CC2. The molecule has 0 saturated carbocycles. The molecule has 256 valence electrons. The van der Waals surface area contributed by atoms with Crippen molar-refractivity contribution in [3.8, 4) is 28.7 Å². The van der Waals surface area contributed by atoms with Gasteiger partial charge in [-0.25, -0.2) is 9.59 Å². The summed E-state index contributed by atoms with van der Waals surface area (Å²) in [5.74, 6) is 0.843. The number of carbonyl (C=O) groups is 2. The first kappa shape index (κ1) is 33.7. The molecular weight excluding hydrogens is 624 g/mol. The molecule has 6 rings (SSSR count). The van der Waals surface area contributed by atoms with E-state index in [2.05, 4.69) is 38.9 Å². The number of rotatable bonds is 11. The highest BCUT2D eigenvalue weighted by Crippen LogP contribution is 2.52. The lowest BCUT2D eigenvalue weighted by Gasteiger charge is -2.34. The molecule has 0 spiro atoms. The lowest BCUT2D eigenvalue weighted by Crippen LogP contribution is -2.44. The fourth-order valence-electron chi connectivity index (χ4n) is 6.43. The van der Waals surface area contributed by atoms with Gasteiger partial charge in [-0.1, -0.05) is 0 Å². The van der Waals surface area contributed by atoms with Crippen LogP contribution in [-0.4, -0.2) is 80.9 Å². The standard InChI is InChI=1S/C38H42N4O7/c1-41-19-21-42(22-20-41)29-10-12-30(13-11-29)47-23-16-26-8-14-31-32(15-9-26)34(49-38(44)28-7-5-18-40-25-28)36(46-3)35(45-2)33(31)48-37(43)27-6-4-17-39-24-27/h4-7,10-13,17-18,24-26H,8-9,14-16,19-23H2,1-3H3. The summed E-state index contributed by atoms with van der Waals surface area (Å²) in [4.78, 5) is 39.4. The Labute approximate surface area is 286 Å². The van der Waals surface area contributed by atoms with Crippen molar-refractivity contribution in [1.29, 1.82) is 0 Å². The molecule has 1 saturated heterocycles. The predicted octanol–water partition coefficient (Wildman–Crippen LogP) is 5.65. The second kappa shape index (κ2) is 15.8. The highest BCUT2D eigenvalue weighted by atomic mass is 16.6. The van der Waals surface area contributed by atoms with Gasteiger partial charge >= 0.3 is 11.9 Å². The highest BCUT2D eigenvalue weighted by Gasteiger charge is 2.33. The molecule has 1 fully saturated rings. The minimum absolute atomic E-state index is 0.175. The van der Waals surface area contributed by atoms with E-state index in [1.54, 1.807) is 36.7 Å². The van der Waals surface area contributed by atoms with Crippen LogP contribution >= 0.6 is 0 Å². The Morgan fingerprint density at radius 3 is 1.73 bits per heavy atom. The van der Waals surface area contributed by atoms with Gasteiger partial charge in [0.15, 0.2) is 11.5 Å². The maximum absolute atomic E-state index is 13.3. The van der Waals surface area contributed by atoms with Crippen molar-refractivity contribution in [3.63, 3.8) is 0 Å². The van der Waals surface area contributed by atoms with E-state index in [1.807, 2.05) is 12.1 Å². The summed E-state index contributed by atoms with van der Waals surface area (Å²) in [7, 11) is 5.09. The summed E-state index contributed by atoms with van der Waals surface area (Å²) in [5, 5.41) is 0. The lowest BCUT2D eigenvalue weighted by atomic mass is 9.96. The number of esters is 2. The number of piperazine rings is 1. The molecule has 0 unspecified atom stereocenters. The molecule has 49 heavy (non-hydrogen) atoms. The fraction of sp³-hybridized carbons (Fsp3) is 0.368. The zero-order valence-corrected chi connectivity index (χ0v) is 28.2. The Morgan fingerprint density at radius 1 is 0.735 bits per heavy atom. The predicted molar refractivity (Wildman–Crippen MR) is 184 cm³/mol. The van der Waals surface area contributed by atoms with Crippen molar-refractivity contribution in [2.45, 2.75) is 32.1 Å². The number of nitrogens with zero attached hydrogens (tertiary/aromatic N) is 4. The van der Waals surface area contributed by atoms with Crippen LogP contribution in [0.15, 0.2) is 73.3 Å². The fourth-order valence-corrected chi connectivity index (χ4v) is 6.43. The molecule has 0 atom stereocenters. The summed E-state index contributed by atoms with van der Waals surface area (Å²) in [6.45, 7) is 4.73. The van der Waals surface area contributed by atoms with E-state index >= 15 is 0 Å². The summed E-state index contributed by atoms with van der Waals surface area (Å²) < 4.78 is 29.8. The number of fused-ring (bicyclic) bond motifs is 1. The van der Waals surface area contributed by atoms with Crippen LogP contribution in [0.5, 0.6) is 28.7 Å². The molecule has 2 aliphatic rings. The first-order chi connectivity index (χ1) is 23.9. The van der Waals surface area contributed by atoms with Gasteiger partial charge in [0.05, 0.1) is 32.0 Å². The number of ether oxygens (including phenoxy) is 5. The Balaban J connectivity index is 1.21. The molecule has 0 N–H and O–H groups in total. The van der Waals surface area contributed by atoms with Crippen molar-refractivity contribution in [2.75, 3.05) is 59.0 Å². The molecule has 3 heterocycles. The molecule has 2 aromatic heterocycles. The second-order valence-corrected chi connectivity index (χ2v) is 12.3. The van der Waals surface area contributed by atoms with E-state index in [-0.39, 0.29) is 23.0 Å². The molecule has 2 aromatic carbocycles. The number of likely N-dealkylation sites (N-methyl/N-ethyl adjacent to an activating group) is 1. The number of aromatic nitrogens is 2. The number of carbonyl (C=O) groups excluding carboxylic acids is 2. The van der Waals surface area contributed by atoms with Crippen LogP contribution in [-0.2, 0) is 12.8 Å². The highest BCUT2D eigenvalue weighted by molar-refractivity contribution is 5.93. The Hall–Kier alpha value is -5.16. The molecule has 0 radical (unpaired) electrons. The largest absolute Gasteiger partial charge is 0.494 e. The van der Waals surface area contributed by atoms with Crippen LogP contribution in [0.25, 0.3) is 0 Å². The number of hydrogen-bond acceptors (Lipinski definition) is 11. The van der Waals surface area contributed by atoms with Gasteiger partial charge in [-0.05, 0) is 93.6 Å². The number of pyridine rings is 2. The lowest BCUT2D eigenvalue weighted by molar-refractivity contribution is 0.0707. The quantitative estimate of drug-likeness (QED) is 0.113. The third-order valence-electron chi connectivity index (χ3n) is 9.23. The topological polar surface area (TPSA) is 113 Å². The van der Waals surface area contributed by atoms with E-state index in [0.717, 1.165) is 62.3 Å². The zero-order valence-electron chi connectivity index (χ0n) is 28.2. The van der Waals surface area contributed by atoms with Crippen molar-refractivity contribution in [2.24, 2.45) is 5.92 Å². The average molecular weight is 667 g/mol. The van der Waals surface area contributed by atoms with E-state index in [9.17, 15) is 9.59 Å². The smallest absolute Gasteiger partial charge is 0.345 e. The van der Waals surface area contributed by atoms with E-state index in [4.69, 9.17) is 23.7 Å². The van der Waals surface area contributed by atoms with Crippen LogP contribution in [0.2, 0.25) is 0 Å². The van der Waals surface area contributed by atoms with Crippen molar-refractivity contribution >= 4 is 17.6 Å². The van der Waals surface area contributed by atoms with Crippen molar-refractivity contribution in [1.82, 2.24) is 14.9 Å². The summed E-state index contributed by atoms with van der Waals surface area (Å²) >= 11 is 0. The van der Waals surface area contributed by atoms with Crippen LogP contribution < -0.4 is 28.6 Å². The molecule has 11 nitrogen and oxygen atoms in total. The van der Waals surface area contributed by atoms with Gasteiger partial charge in [0.1, 0.15) is 5.75 Å². The van der Waals surface area contributed by atoms with Gasteiger partial charge in [0.2, 0.25) is 11.5 Å². The first-order valence-electron chi connectivity index (χ1n) is 16.7. The van der Waals surface area contributed by atoms with Gasteiger partial charge in [0.25, 0.3) is 0 Å². The molecule has 0 amide bonds. The molecule has 1 aliphatic heterocycles. The number of anilines is 1. The Morgan fingerprint density at radius 2 is 1.27 bits per heavy atom. The van der Waals surface area contributed by atoms with Crippen LogP contribution in [0, 0.1) is 5.92 Å². The van der Waals surface area contributed by atoms with Crippen molar-refractivity contribution < 1.29 is 33.3 Å². The summed E-state index contributed by atoms with van der Waals surface area (Å²) in [6, 6.07) is 15.0. The molecule has 1 aliphatic carbocycles. The number of methoxy groups -OCH3 is 2. The van der Waals surface area contributed by atoms with Crippen LogP contribution in [0.3, 0.4) is 0 Å². The molecule has 4 aromatic rings. The summed E-state index contributed by atoms with van der Waals surface area (Å²) in [5.41, 5.74) is 3.29. The maximum atomic E-state index is 13.3. The first-order valence-corrected chi connectivity index (χ1v) is 16.7. The van der Waals surface area contributed by atoms with Crippen LogP contribution in [0.4, 0.5) is 5.69 Å². The number of hydrogen-bond donors (Lipinski definition) is 0. The third-order valence-corrected chi connectivity index (χ3v) is 9.23. The van der Waals surface area contributed by atoms with Crippen molar-refractivity contribution in [3.05, 3.63) is 95.6 Å². The molecule has 0 bridgehead atoms. The monoisotopic (exact) mass is 666 g/mol. The maximum Gasteiger partial charge on any atom is 0.345 e. The van der Waals surface area contributed by atoms with Gasteiger partial charge in [0, 0.05) is 67.8 Å². The average Bonchev–Trinajstić information content (AvgIpc) is 3.36. The minimum atomic E-state index is -0.580. The minimum Gasteiger partial charge on any atom is -0.494 e. The number of benzene rings is 2.